The van der Waals surface area contributed by atoms with Gasteiger partial charge >= 0.3 is 5.82 Å². The molecular weight excluding hydrogens is 164 g/mol. The van der Waals surface area contributed by atoms with Crippen LogP contribution in [0.3, 0.4) is 0 Å². The molecule has 1 amide bonds. The maximum atomic E-state index is 10.6. The second-order valence-corrected chi connectivity index (χ2v) is 2.13. The zero-order valence-corrected chi connectivity index (χ0v) is 6.22. The van der Waals surface area contributed by atoms with Crippen LogP contribution in [0.15, 0.2) is 6.20 Å². The number of aromatic nitrogens is 2. The minimum Gasteiger partial charge on any atom is -0.365 e. The quantitative estimate of drug-likeness (QED) is 0.473. The maximum absolute atomic E-state index is 10.6. The molecule has 2 N–H and O–H groups in total. The largest absolute Gasteiger partial charge is 0.365 e. The number of aryl methyl sites for hydroxylation is 1. The molecule has 7 nitrogen and oxygen atoms in total. The van der Waals surface area contributed by atoms with Gasteiger partial charge in [0.15, 0.2) is 5.56 Å². The molecule has 1 aromatic heterocycles. The number of primary amides is 1. The van der Waals surface area contributed by atoms with Crippen molar-refractivity contribution in [2.75, 3.05) is 0 Å². The molecule has 0 saturated heterocycles. The van der Waals surface area contributed by atoms with E-state index in [-0.39, 0.29) is 11.4 Å². The van der Waals surface area contributed by atoms with Gasteiger partial charge in [-0.15, -0.1) is 4.68 Å². The Labute approximate surface area is 66.9 Å². The van der Waals surface area contributed by atoms with Crippen LogP contribution in [0.2, 0.25) is 0 Å². The highest BCUT2D eigenvalue weighted by Crippen LogP contribution is 2.15. The fourth-order valence-electron chi connectivity index (χ4n) is 0.821. The Balaban J connectivity index is 3.31. The Morgan fingerprint density at radius 3 is 2.75 bits per heavy atom. The van der Waals surface area contributed by atoms with Gasteiger partial charge in [-0.05, 0) is 4.92 Å². The van der Waals surface area contributed by atoms with Gasteiger partial charge in [0.2, 0.25) is 0 Å². The average molecular weight is 170 g/mol. The molecule has 64 valence electrons. The Bertz CT molecular complexity index is 342. The third kappa shape index (κ3) is 1.11. The Morgan fingerprint density at radius 2 is 2.42 bits per heavy atom. The number of nitrogens with zero attached hydrogens (tertiary/aromatic N) is 3. The number of hydrogen-bond donors (Lipinski definition) is 1. The van der Waals surface area contributed by atoms with Gasteiger partial charge in [-0.1, -0.05) is 5.10 Å². The normalized spacial score (nSPS) is 9.75. The van der Waals surface area contributed by atoms with Gasteiger partial charge in [0.05, 0.1) is 6.20 Å². The van der Waals surface area contributed by atoms with Gasteiger partial charge in [-0.2, -0.15) is 0 Å². The summed E-state index contributed by atoms with van der Waals surface area (Å²) >= 11 is 0. The van der Waals surface area contributed by atoms with Crippen LogP contribution in [0.25, 0.3) is 0 Å². The molecule has 1 heterocycles. The monoisotopic (exact) mass is 170 g/mol. The first-order valence-electron chi connectivity index (χ1n) is 3.00. The van der Waals surface area contributed by atoms with E-state index in [1.54, 1.807) is 0 Å². The van der Waals surface area contributed by atoms with Crippen molar-refractivity contribution in [2.45, 2.75) is 0 Å². The van der Waals surface area contributed by atoms with Crippen LogP contribution in [-0.4, -0.2) is 20.6 Å². The van der Waals surface area contributed by atoms with Crippen molar-refractivity contribution >= 4 is 11.7 Å². The standard InChI is InChI=1S/C5H6N4O3/c1-8-5(9(11)12)3(2-7-8)4(6)10/h2H,1H3,(H2,6,10). The van der Waals surface area contributed by atoms with E-state index < -0.39 is 10.8 Å². The summed E-state index contributed by atoms with van der Waals surface area (Å²) in [5.41, 5.74) is 4.69. The number of nitro groups is 1. The maximum Gasteiger partial charge on any atom is 0.357 e. The summed E-state index contributed by atoms with van der Waals surface area (Å²) in [5, 5.41) is 13.9. The van der Waals surface area contributed by atoms with E-state index in [9.17, 15) is 14.9 Å². The fraction of sp³-hybridized carbons (Fsp3) is 0.200. The van der Waals surface area contributed by atoms with Crippen molar-refractivity contribution in [3.8, 4) is 0 Å². The fourth-order valence-corrected chi connectivity index (χ4v) is 0.821. The summed E-state index contributed by atoms with van der Waals surface area (Å²) in [5.74, 6) is -1.24. The van der Waals surface area contributed by atoms with Crippen LogP contribution < -0.4 is 5.73 Å². The smallest absolute Gasteiger partial charge is 0.357 e. The van der Waals surface area contributed by atoms with Gasteiger partial charge in [0.1, 0.15) is 7.05 Å². The summed E-state index contributed by atoms with van der Waals surface area (Å²) < 4.78 is 0.986. The topological polar surface area (TPSA) is 104 Å². The molecule has 1 rings (SSSR count). The molecule has 0 unspecified atom stereocenters. The van der Waals surface area contributed by atoms with Crippen molar-refractivity contribution in [2.24, 2.45) is 12.8 Å². The van der Waals surface area contributed by atoms with Gasteiger partial charge in [0.25, 0.3) is 5.91 Å². The van der Waals surface area contributed by atoms with E-state index in [4.69, 9.17) is 5.73 Å². The first kappa shape index (κ1) is 8.18. The molecule has 7 heteroatoms. The average Bonchev–Trinajstić information content (AvgIpc) is 2.30. The van der Waals surface area contributed by atoms with E-state index in [1.807, 2.05) is 0 Å². The van der Waals surface area contributed by atoms with E-state index in [2.05, 4.69) is 5.10 Å². The molecule has 0 aliphatic heterocycles. The zero-order chi connectivity index (χ0) is 9.30. The first-order valence-corrected chi connectivity index (χ1v) is 3.00. The summed E-state index contributed by atoms with van der Waals surface area (Å²) in [7, 11) is 1.37. The van der Waals surface area contributed by atoms with Gasteiger partial charge in [0, 0.05) is 0 Å². The van der Waals surface area contributed by atoms with Crippen molar-refractivity contribution in [3.05, 3.63) is 21.9 Å². The van der Waals surface area contributed by atoms with Crippen molar-refractivity contribution in [1.82, 2.24) is 9.78 Å². The highest BCUT2D eigenvalue weighted by Gasteiger charge is 2.22. The molecule has 0 atom stereocenters. The van der Waals surface area contributed by atoms with Crippen LogP contribution in [0.4, 0.5) is 5.82 Å². The van der Waals surface area contributed by atoms with Crippen molar-refractivity contribution in [1.29, 1.82) is 0 Å². The lowest BCUT2D eigenvalue weighted by Gasteiger charge is -1.94. The third-order valence-electron chi connectivity index (χ3n) is 1.35. The molecule has 0 aliphatic rings. The lowest BCUT2D eigenvalue weighted by molar-refractivity contribution is -0.392. The molecule has 0 aromatic carbocycles. The van der Waals surface area contributed by atoms with E-state index in [0.717, 1.165) is 10.9 Å². The van der Waals surface area contributed by atoms with Gasteiger partial charge in [-0.25, -0.2) is 0 Å². The van der Waals surface area contributed by atoms with Gasteiger partial charge < -0.3 is 15.8 Å². The number of nitrogens with two attached hydrogens (primary N) is 1. The molecule has 12 heavy (non-hydrogen) atoms. The first-order chi connectivity index (χ1) is 5.54. The Morgan fingerprint density at radius 1 is 1.83 bits per heavy atom. The van der Waals surface area contributed by atoms with E-state index >= 15 is 0 Å². The van der Waals surface area contributed by atoms with Crippen molar-refractivity contribution in [3.63, 3.8) is 0 Å². The number of hydrogen-bond acceptors (Lipinski definition) is 4. The predicted octanol–water partition coefficient (Wildman–Crippen LogP) is -0.573. The summed E-state index contributed by atoms with van der Waals surface area (Å²) in [6.45, 7) is 0. The van der Waals surface area contributed by atoms with E-state index in [1.165, 1.54) is 7.05 Å². The second-order valence-electron chi connectivity index (χ2n) is 2.13. The number of amides is 1. The van der Waals surface area contributed by atoms with Crippen LogP contribution in [0.1, 0.15) is 10.4 Å². The molecular formula is C5H6N4O3. The van der Waals surface area contributed by atoms with Crippen molar-refractivity contribution < 1.29 is 9.72 Å². The molecule has 1 aromatic rings. The molecule has 0 spiro atoms. The molecule has 0 saturated carbocycles. The van der Waals surface area contributed by atoms with Gasteiger partial charge in [-0.3, -0.25) is 4.79 Å². The lowest BCUT2D eigenvalue weighted by atomic mass is 10.3. The minimum absolute atomic E-state index is 0.178. The minimum atomic E-state index is -0.852. The third-order valence-corrected chi connectivity index (χ3v) is 1.35. The van der Waals surface area contributed by atoms with Crippen LogP contribution in [-0.2, 0) is 7.05 Å². The SMILES string of the molecule is Cn1ncc(C(N)=O)c1[N+](=O)[O-]. The Hall–Kier alpha value is -1.92. The van der Waals surface area contributed by atoms with Crippen LogP contribution in [0, 0.1) is 10.1 Å². The number of carbonyl (C=O) groups excluding carboxylic acids is 1. The number of carbonyl (C=O) groups is 1. The number of rotatable bonds is 2. The highest BCUT2D eigenvalue weighted by atomic mass is 16.6. The highest BCUT2D eigenvalue weighted by molar-refractivity contribution is 5.95. The van der Waals surface area contributed by atoms with Crippen LogP contribution in [0.5, 0.6) is 0 Å². The van der Waals surface area contributed by atoms with Crippen LogP contribution >= 0.6 is 0 Å². The molecule has 0 fully saturated rings. The second kappa shape index (κ2) is 2.61. The predicted molar refractivity (Wildman–Crippen MR) is 38.4 cm³/mol. The zero-order valence-electron chi connectivity index (χ0n) is 6.22. The molecule has 0 bridgehead atoms. The van der Waals surface area contributed by atoms with E-state index in [0.29, 0.717) is 0 Å². The summed E-state index contributed by atoms with van der Waals surface area (Å²) in [6, 6.07) is 0. The summed E-state index contributed by atoms with van der Waals surface area (Å²) in [6.07, 6.45) is 1.07. The summed E-state index contributed by atoms with van der Waals surface area (Å²) in [4.78, 5) is 20.2. The molecule has 0 radical (unpaired) electrons. The Kier molecular flexibility index (Phi) is 1.78. The lowest BCUT2D eigenvalue weighted by Crippen LogP contribution is -2.12. The molecule has 0 aliphatic carbocycles.